The third kappa shape index (κ3) is 3.52. The summed E-state index contributed by atoms with van der Waals surface area (Å²) in [6.07, 6.45) is 1.13. The summed E-state index contributed by atoms with van der Waals surface area (Å²) in [6.45, 7) is 6.63. The van der Waals surface area contributed by atoms with Crippen LogP contribution in [-0.2, 0) is 6.54 Å². The molecule has 1 atom stereocenters. The van der Waals surface area contributed by atoms with Crippen molar-refractivity contribution in [3.63, 3.8) is 0 Å². The van der Waals surface area contributed by atoms with Crippen molar-refractivity contribution in [3.8, 4) is 0 Å². The molecular formula is C11H20N2O. The second-order valence-electron chi connectivity index (χ2n) is 3.65. The van der Waals surface area contributed by atoms with Gasteiger partial charge in [0, 0.05) is 0 Å². The molecule has 1 unspecified atom stereocenters. The summed E-state index contributed by atoms with van der Waals surface area (Å²) in [4.78, 5) is 0. The van der Waals surface area contributed by atoms with E-state index in [0.29, 0.717) is 5.92 Å². The van der Waals surface area contributed by atoms with Gasteiger partial charge >= 0.3 is 0 Å². The Balaban J connectivity index is 2.21. The Morgan fingerprint density at radius 1 is 1.50 bits per heavy atom. The van der Waals surface area contributed by atoms with Crippen molar-refractivity contribution in [1.82, 2.24) is 5.32 Å². The fourth-order valence-corrected chi connectivity index (χ4v) is 1.37. The fourth-order valence-electron chi connectivity index (χ4n) is 1.37. The molecule has 0 saturated heterocycles. The maximum atomic E-state index is 5.60. The van der Waals surface area contributed by atoms with Gasteiger partial charge in [0.15, 0.2) is 0 Å². The predicted octanol–water partition coefficient (Wildman–Crippen LogP) is 1.66. The van der Waals surface area contributed by atoms with Crippen LogP contribution in [0.3, 0.4) is 0 Å². The number of hydrogen-bond donors (Lipinski definition) is 2. The van der Waals surface area contributed by atoms with Crippen LogP contribution < -0.4 is 11.1 Å². The van der Waals surface area contributed by atoms with Crippen molar-refractivity contribution in [1.29, 1.82) is 0 Å². The first-order valence-corrected chi connectivity index (χ1v) is 5.22. The molecule has 0 bridgehead atoms. The molecule has 0 fully saturated rings. The zero-order valence-corrected chi connectivity index (χ0v) is 9.05. The Kier molecular flexibility index (Phi) is 4.70. The van der Waals surface area contributed by atoms with Crippen molar-refractivity contribution in [3.05, 3.63) is 23.7 Å². The molecule has 0 aliphatic rings. The van der Waals surface area contributed by atoms with E-state index < -0.39 is 0 Å². The monoisotopic (exact) mass is 196 g/mol. The van der Waals surface area contributed by atoms with Crippen LogP contribution in [0.15, 0.2) is 16.5 Å². The van der Waals surface area contributed by atoms with Crippen molar-refractivity contribution in [2.45, 2.75) is 26.8 Å². The zero-order valence-electron chi connectivity index (χ0n) is 9.05. The first kappa shape index (κ1) is 11.3. The minimum Gasteiger partial charge on any atom is -0.465 e. The van der Waals surface area contributed by atoms with Gasteiger partial charge in [-0.25, -0.2) is 0 Å². The summed E-state index contributed by atoms with van der Waals surface area (Å²) in [5.74, 6) is 2.54. The molecule has 0 radical (unpaired) electrons. The summed E-state index contributed by atoms with van der Waals surface area (Å²) in [5, 5.41) is 3.34. The molecule has 1 rings (SSSR count). The Morgan fingerprint density at radius 3 is 2.79 bits per heavy atom. The van der Waals surface area contributed by atoms with E-state index >= 15 is 0 Å². The Bertz CT molecular complexity index is 254. The van der Waals surface area contributed by atoms with Gasteiger partial charge in [-0.15, -0.1) is 0 Å². The van der Waals surface area contributed by atoms with Gasteiger partial charge in [0.25, 0.3) is 0 Å². The van der Waals surface area contributed by atoms with Crippen LogP contribution in [-0.4, -0.2) is 13.1 Å². The maximum Gasteiger partial charge on any atom is 0.117 e. The highest BCUT2D eigenvalue weighted by molar-refractivity contribution is 5.05. The smallest absolute Gasteiger partial charge is 0.117 e. The van der Waals surface area contributed by atoms with Crippen molar-refractivity contribution in [2.24, 2.45) is 11.7 Å². The largest absolute Gasteiger partial charge is 0.465 e. The zero-order chi connectivity index (χ0) is 10.4. The molecule has 1 aromatic heterocycles. The van der Waals surface area contributed by atoms with Crippen LogP contribution in [0.25, 0.3) is 0 Å². The molecule has 0 spiro atoms. The summed E-state index contributed by atoms with van der Waals surface area (Å²) in [6, 6.07) is 3.99. The van der Waals surface area contributed by atoms with Gasteiger partial charge in [-0.1, -0.05) is 13.3 Å². The fraction of sp³-hybridized carbons (Fsp3) is 0.636. The van der Waals surface area contributed by atoms with Crippen LogP contribution in [0.4, 0.5) is 0 Å². The third-order valence-corrected chi connectivity index (χ3v) is 2.44. The van der Waals surface area contributed by atoms with Gasteiger partial charge in [-0.3, -0.25) is 0 Å². The van der Waals surface area contributed by atoms with E-state index in [1.165, 1.54) is 0 Å². The minimum atomic E-state index is 0.575. The summed E-state index contributed by atoms with van der Waals surface area (Å²) >= 11 is 0. The van der Waals surface area contributed by atoms with Crippen molar-refractivity contribution >= 4 is 0 Å². The number of aryl methyl sites for hydroxylation is 1. The van der Waals surface area contributed by atoms with Crippen LogP contribution in [0, 0.1) is 12.8 Å². The molecular weight excluding hydrogens is 176 g/mol. The lowest BCUT2D eigenvalue weighted by atomic mass is 10.1. The molecule has 1 heterocycles. The van der Waals surface area contributed by atoms with Crippen LogP contribution >= 0.6 is 0 Å². The van der Waals surface area contributed by atoms with Crippen LogP contribution in [0.2, 0.25) is 0 Å². The normalized spacial score (nSPS) is 13.1. The van der Waals surface area contributed by atoms with Crippen LogP contribution in [0.1, 0.15) is 24.9 Å². The van der Waals surface area contributed by atoms with Crippen LogP contribution in [0.5, 0.6) is 0 Å². The lowest BCUT2D eigenvalue weighted by Gasteiger charge is -2.11. The molecule has 0 aromatic carbocycles. The molecule has 1 aromatic rings. The summed E-state index contributed by atoms with van der Waals surface area (Å²) in [7, 11) is 0. The average molecular weight is 196 g/mol. The molecule has 14 heavy (non-hydrogen) atoms. The first-order chi connectivity index (χ1) is 6.76. The van der Waals surface area contributed by atoms with E-state index in [1.54, 1.807) is 0 Å². The lowest BCUT2D eigenvalue weighted by Crippen LogP contribution is -2.27. The quantitative estimate of drug-likeness (QED) is 0.727. The maximum absolute atomic E-state index is 5.60. The number of furan rings is 1. The molecule has 80 valence electrons. The Morgan fingerprint density at radius 2 is 2.29 bits per heavy atom. The van der Waals surface area contributed by atoms with Gasteiger partial charge < -0.3 is 15.5 Å². The van der Waals surface area contributed by atoms with E-state index in [1.807, 2.05) is 19.1 Å². The first-order valence-electron chi connectivity index (χ1n) is 5.22. The molecule has 3 heteroatoms. The van der Waals surface area contributed by atoms with Gasteiger partial charge in [0.2, 0.25) is 0 Å². The highest BCUT2D eigenvalue weighted by atomic mass is 16.3. The molecule has 0 aliphatic heterocycles. The SMILES string of the molecule is CCC(CN)CNCc1ccc(C)o1. The second-order valence-corrected chi connectivity index (χ2v) is 3.65. The summed E-state index contributed by atoms with van der Waals surface area (Å²) < 4.78 is 5.44. The molecule has 3 nitrogen and oxygen atoms in total. The third-order valence-electron chi connectivity index (χ3n) is 2.44. The van der Waals surface area contributed by atoms with E-state index in [9.17, 15) is 0 Å². The average Bonchev–Trinajstić information content (AvgIpc) is 2.59. The molecule has 3 N–H and O–H groups in total. The minimum absolute atomic E-state index is 0.575. The number of nitrogens with one attached hydrogen (secondary N) is 1. The highest BCUT2D eigenvalue weighted by Gasteiger charge is 2.03. The Hall–Kier alpha value is -0.800. The standard InChI is InChI=1S/C11H20N2O/c1-3-10(6-12)7-13-8-11-5-4-9(2)14-11/h4-5,10,13H,3,6-8,12H2,1-2H3. The van der Waals surface area contributed by atoms with Crippen molar-refractivity contribution in [2.75, 3.05) is 13.1 Å². The molecule has 0 saturated carbocycles. The number of hydrogen-bond acceptors (Lipinski definition) is 3. The van der Waals surface area contributed by atoms with E-state index in [-0.39, 0.29) is 0 Å². The molecule has 0 amide bonds. The number of rotatable bonds is 6. The number of nitrogens with two attached hydrogens (primary N) is 1. The lowest BCUT2D eigenvalue weighted by molar-refractivity contribution is 0.427. The van der Waals surface area contributed by atoms with Gasteiger partial charge in [0.05, 0.1) is 6.54 Å². The van der Waals surface area contributed by atoms with Gasteiger partial charge in [0.1, 0.15) is 11.5 Å². The Labute approximate surface area is 85.7 Å². The topological polar surface area (TPSA) is 51.2 Å². The van der Waals surface area contributed by atoms with Crippen molar-refractivity contribution < 1.29 is 4.42 Å². The van der Waals surface area contributed by atoms with Gasteiger partial charge in [-0.05, 0) is 38.1 Å². The van der Waals surface area contributed by atoms with Gasteiger partial charge in [-0.2, -0.15) is 0 Å². The second kappa shape index (κ2) is 5.83. The molecule has 0 aliphatic carbocycles. The van der Waals surface area contributed by atoms with E-state index in [4.69, 9.17) is 10.2 Å². The van der Waals surface area contributed by atoms with E-state index in [0.717, 1.165) is 37.6 Å². The summed E-state index contributed by atoms with van der Waals surface area (Å²) in [5.41, 5.74) is 5.60. The predicted molar refractivity (Wildman–Crippen MR) is 58.0 cm³/mol. The van der Waals surface area contributed by atoms with E-state index in [2.05, 4.69) is 12.2 Å². The highest BCUT2D eigenvalue weighted by Crippen LogP contribution is 2.06.